The maximum absolute atomic E-state index is 13.9. The van der Waals surface area contributed by atoms with Gasteiger partial charge in [-0.05, 0) is 61.4 Å². The minimum atomic E-state index is -0.180. The molecule has 0 fully saturated rings. The molecule has 40 heavy (non-hydrogen) atoms. The fourth-order valence-electron chi connectivity index (χ4n) is 5.38. The van der Waals surface area contributed by atoms with Gasteiger partial charge in [-0.25, -0.2) is 9.98 Å². The average Bonchev–Trinajstić information content (AvgIpc) is 2.94. The van der Waals surface area contributed by atoms with Crippen LogP contribution in [0.1, 0.15) is 31.0 Å². The molecule has 0 saturated heterocycles. The van der Waals surface area contributed by atoms with Crippen LogP contribution in [0, 0.1) is 0 Å². The van der Waals surface area contributed by atoms with Crippen LogP contribution in [0.25, 0.3) is 33.4 Å². The van der Waals surface area contributed by atoms with Crippen LogP contribution in [0.2, 0.25) is 15.1 Å². The number of aliphatic imine (C=N–C) groups is 1. The Morgan fingerprint density at radius 2 is 1.57 bits per heavy atom. The normalized spacial score (nSPS) is 14.8. The van der Waals surface area contributed by atoms with Crippen LogP contribution in [0.3, 0.4) is 0 Å². The Kier molecular flexibility index (Phi) is 6.91. The van der Waals surface area contributed by atoms with Gasteiger partial charge < -0.3 is 4.90 Å². The van der Waals surface area contributed by atoms with Gasteiger partial charge in [-0.2, -0.15) is 0 Å². The van der Waals surface area contributed by atoms with E-state index in [0.717, 1.165) is 27.9 Å². The van der Waals surface area contributed by atoms with Crippen LogP contribution in [0.5, 0.6) is 0 Å². The molecule has 0 amide bonds. The minimum Gasteiger partial charge on any atom is -0.349 e. The van der Waals surface area contributed by atoms with Crippen molar-refractivity contribution in [1.29, 1.82) is 0 Å². The molecule has 0 N–H and O–H groups in total. The number of aryl methyl sites for hydroxylation is 1. The van der Waals surface area contributed by atoms with E-state index in [0.29, 0.717) is 49.8 Å². The third-order valence-corrected chi connectivity index (χ3v) is 8.28. The molecule has 1 aliphatic rings. The fourth-order valence-corrected chi connectivity index (χ4v) is 6.01. The number of fused-ring (bicyclic) bond motifs is 3. The summed E-state index contributed by atoms with van der Waals surface area (Å²) < 4.78 is 1.61. The zero-order valence-corrected chi connectivity index (χ0v) is 24.4. The van der Waals surface area contributed by atoms with Crippen LogP contribution in [-0.2, 0) is 13.6 Å². The van der Waals surface area contributed by atoms with Gasteiger partial charge in [0.25, 0.3) is 5.56 Å². The fraction of sp³-hybridized carbons (Fsp3) is 0.156. The highest BCUT2D eigenvalue weighted by atomic mass is 35.5. The summed E-state index contributed by atoms with van der Waals surface area (Å²) in [7, 11) is 1.76. The molecule has 8 heteroatoms. The Labute approximate surface area is 247 Å². The number of halogens is 3. The maximum Gasteiger partial charge on any atom is 0.259 e. The first-order valence-corrected chi connectivity index (χ1v) is 14.0. The van der Waals surface area contributed by atoms with Crippen molar-refractivity contribution in [2.75, 3.05) is 0 Å². The smallest absolute Gasteiger partial charge is 0.259 e. The van der Waals surface area contributed by atoms with E-state index in [9.17, 15) is 4.79 Å². The summed E-state index contributed by atoms with van der Waals surface area (Å²) in [5.74, 6) is 0.844. The Balaban J connectivity index is 1.62. The summed E-state index contributed by atoms with van der Waals surface area (Å²) in [4.78, 5) is 26.1. The molecule has 1 unspecified atom stereocenters. The molecule has 1 atom stereocenters. The van der Waals surface area contributed by atoms with Crippen LogP contribution in [-0.4, -0.2) is 20.3 Å². The van der Waals surface area contributed by atoms with Crippen molar-refractivity contribution in [2.24, 2.45) is 12.0 Å². The summed E-state index contributed by atoms with van der Waals surface area (Å²) in [5.41, 5.74) is 5.99. The molecule has 200 valence electrons. The Bertz CT molecular complexity index is 1860. The molecule has 6 rings (SSSR count). The van der Waals surface area contributed by atoms with Crippen molar-refractivity contribution in [3.8, 4) is 22.4 Å². The van der Waals surface area contributed by atoms with Crippen molar-refractivity contribution < 1.29 is 0 Å². The molecule has 0 spiro atoms. The predicted molar refractivity (Wildman–Crippen MR) is 166 cm³/mol. The minimum absolute atomic E-state index is 0.121. The lowest BCUT2D eigenvalue weighted by Crippen LogP contribution is -2.38. The predicted octanol–water partition coefficient (Wildman–Crippen LogP) is 8.85. The molecule has 0 aliphatic carbocycles. The van der Waals surface area contributed by atoms with Gasteiger partial charge in [0.15, 0.2) is 0 Å². The third kappa shape index (κ3) is 4.58. The van der Waals surface area contributed by atoms with Crippen LogP contribution in [0.4, 0.5) is 5.69 Å². The first-order chi connectivity index (χ1) is 19.2. The van der Waals surface area contributed by atoms with Gasteiger partial charge in [-0.15, -0.1) is 0 Å². The molecular weight excluding hydrogens is 563 g/mol. The molecule has 2 aromatic heterocycles. The van der Waals surface area contributed by atoms with E-state index in [1.807, 2.05) is 55.5 Å². The second kappa shape index (κ2) is 10.4. The third-order valence-electron chi connectivity index (χ3n) is 7.48. The summed E-state index contributed by atoms with van der Waals surface area (Å²) in [5, 5.41) is 2.43. The van der Waals surface area contributed by atoms with E-state index in [2.05, 4.69) is 30.0 Å². The topological polar surface area (TPSA) is 50.5 Å². The Hall–Kier alpha value is -3.64. The summed E-state index contributed by atoms with van der Waals surface area (Å²) in [6.45, 7) is 4.70. The number of pyridine rings is 2. The number of hydrogen-bond donors (Lipinski definition) is 0. The number of aromatic nitrogens is 2. The molecule has 5 aromatic rings. The number of amidine groups is 1. The van der Waals surface area contributed by atoms with Gasteiger partial charge in [-0.3, -0.25) is 9.36 Å². The van der Waals surface area contributed by atoms with E-state index < -0.39 is 0 Å². The number of hydrogen-bond acceptors (Lipinski definition) is 4. The molecule has 3 heterocycles. The van der Waals surface area contributed by atoms with E-state index in [1.165, 1.54) is 0 Å². The van der Waals surface area contributed by atoms with Gasteiger partial charge in [0, 0.05) is 40.2 Å². The molecule has 0 saturated carbocycles. The SMILES string of the molecule is CC1=Nc2c(c(=O)n(C)c3nc(-c4ccc(Cl)cc4Cl)c(-c4ccc(Cl)cc4)cc23)C(C)N1Cc1ccccc1. The quantitative estimate of drug-likeness (QED) is 0.211. The molecule has 1 aliphatic heterocycles. The molecule has 0 radical (unpaired) electrons. The van der Waals surface area contributed by atoms with Crippen molar-refractivity contribution >= 4 is 57.4 Å². The first-order valence-electron chi connectivity index (χ1n) is 12.9. The van der Waals surface area contributed by atoms with Crippen LogP contribution >= 0.6 is 34.8 Å². The monoisotopic (exact) mass is 586 g/mol. The van der Waals surface area contributed by atoms with Gasteiger partial charge in [-0.1, -0.05) is 77.3 Å². The van der Waals surface area contributed by atoms with Gasteiger partial charge in [0.2, 0.25) is 0 Å². The molecule has 5 nitrogen and oxygen atoms in total. The second-order valence-electron chi connectivity index (χ2n) is 9.96. The zero-order valence-electron chi connectivity index (χ0n) is 22.1. The van der Waals surface area contributed by atoms with Crippen molar-refractivity contribution in [3.05, 3.63) is 115 Å². The number of nitrogens with zero attached hydrogens (tertiary/aromatic N) is 4. The van der Waals surface area contributed by atoms with E-state index >= 15 is 0 Å². The van der Waals surface area contributed by atoms with Crippen molar-refractivity contribution in [2.45, 2.75) is 26.4 Å². The lowest BCUT2D eigenvalue weighted by molar-refractivity contribution is 0.320. The highest BCUT2D eigenvalue weighted by molar-refractivity contribution is 6.36. The van der Waals surface area contributed by atoms with Crippen LogP contribution < -0.4 is 5.56 Å². The second-order valence-corrected chi connectivity index (χ2v) is 11.2. The Morgan fingerprint density at radius 3 is 2.27 bits per heavy atom. The van der Waals surface area contributed by atoms with Gasteiger partial charge >= 0.3 is 0 Å². The standard InChI is InChI=1S/C32H25Cl3N4O/c1-18-28-30(36-19(2)39(18)17-20-7-5-4-6-8-20)26-16-25(21-9-11-22(33)12-10-21)29(37-31(26)38(3)32(28)40)24-14-13-23(34)15-27(24)35/h4-16,18H,17H2,1-3H3. The molecule has 3 aromatic carbocycles. The Morgan fingerprint density at radius 1 is 0.875 bits per heavy atom. The van der Waals surface area contributed by atoms with E-state index in [1.54, 1.807) is 23.7 Å². The number of benzene rings is 3. The lowest BCUT2D eigenvalue weighted by atomic mass is 9.95. The summed E-state index contributed by atoms with van der Waals surface area (Å²) in [6.07, 6.45) is 0. The van der Waals surface area contributed by atoms with Gasteiger partial charge in [0.1, 0.15) is 11.5 Å². The zero-order chi connectivity index (χ0) is 28.1. The molecular formula is C32H25Cl3N4O. The van der Waals surface area contributed by atoms with E-state index in [4.69, 9.17) is 44.8 Å². The lowest BCUT2D eigenvalue weighted by Gasteiger charge is -2.35. The highest BCUT2D eigenvalue weighted by Gasteiger charge is 2.31. The number of rotatable bonds is 4. The average molecular weight is 588 g/mol. The van der Waals surface area contributed by atoms with E-state index in [-0.39, 0.29) is 11.6 Å². The summed E-state index contributed by atoms with van der Waals surface area (Å²) >= 11 is 19.1. The largest absolute Gasteiger partial charge is 0.349 e. The van der Waals surface area contributed by atoms with Crippen molar-refractivity contribution in [1.82, 2.24) is 14.5 Å². The maximum atomic E-state index is 13.9. The first kappa shape index (κ1) is 26.6. The van der Waals surface area contributed by atoms with Crippen molar-refractivity contribution in [3.63, 3.8) is 0 Å². The highest BCUT2D eigenvalue weighted by Crippen LogP contribution is 2.43. The van der Waals surface area contributed by atoms with Gasteiger partial charge in [0.05, 0.1) is 28.0 Å². The van der Waals surface area contributed by atoms with Crippen LogP contribution in [0.15, 0.2) is 88.6 Å². The molecule has 0 bridgehead atoms. The summed E-state index contributed by atoms with van der Waals surface area (Å²) in [6, 6.07) is 25.0.